The van der Waals surface area contributed by atoms with Crippen molar-refractivity contribution in [3.05, 3.63) is 102 Å². The second-order valence-corrected chi connectivity index (χ2v) is 10.8. The minimum Gasteiger partial charge on any atom is -0.459 e. The van der Waals surface area contributed by atoms with Crippen molar-refractivity contribution in [2.24, 2.45) is 4.99 Å². The molecule has 0 radical (unpaired) electrons. The van der Waals surface area contributed by atoms with Gasteiger partial charge in [0.25, 0.3) is 5.56 Å². The summed E-state index contributed by atoms with van der Waals surface area (Å²) in [5, 5.41) is 1.55. The molecule has 8 heteroatoms. The van der Waals surface area contributed by atoms with E-state index in [1.807, 2.05) is 36.4 Å². The second kappa shape index (κ2) is 10.1. The number of carbonyl (C=O) groups excluding carboxylic acids is 1. The Balaban J connectivity index is 1.74. The fourth-order valence-electron chi connectivity index (χ4n) is 4.81. The molecule has 0 amide bonds. The van der Waals surface area contributed by atoms with Gasteiger partial charge < -0.3 is 9.30 Å². The van der Waals surface area contributed by atoms with Crippen LogP contribution < -0.4 is 14.9 Å². The van der Waals surface area contributed by atoms with Crippen LogP contribution >= 0.6 is 22.9 Å². The summed E-state index contributed by atoms with van der Waals surface area (Å²) in [6, 6.07) is 14.7. The molecular formula is C29H28ClN3O3S. The van der Waals surface area contributed by atoms with Gasteiger partial charge in [-0.15, -0.1) is 0 Å². The lowest BCUT2D eigenvalue weighted by Crippen LogP contribution is -2.40. The summed E-state index contributed by atoms with van der Waals surface area (Å²) in [4.78, 5) is 32.4. The highest BCUT2D eigenvalue weighted by Gasteiger charge is 2.34. The van der Waals surface area contributed by atoms with E-state index in [9.17, 15) is 9.59 Å². The molecule has 190 valence electrons. The predicted molar refractivity (Wildman–Crippen MR) is 149 cm³/mol. The van der Waals surface area contributed by atoms with Gasteiger partial charge in [0.1, 0.15) is 6.04 Å². The molecule has 37 heavy (non-hydrogen) atoms. The molecular weight excluding hydrogens is 506 g/mol. The highest BCUT2D eigenvalue weighted by atomic mass is 35.5. The maximum Gasteiger partial charge on any atom is 0.338 e. The molecule has 0 bridgehead atoms. The number of fused-ring (bicyclic) bond motifs is 2. The number of halogens is 1. The third-order valence-corrected chi connectivity index (χ3v) is 7.68. The Morgan fingerprint density at radius 2 is 1.92 bits per heavy atom. The molecule has 1 atom stereocenters. The lowest BCUT2D eigenvalue weighted by molar-refractivity contribution is -0.143. The lowest BCUT2D eigenvalue weighted by Gasteiger charge is -2.26. The Morgan fingerprint density at radius 3 is 2.65 bits per heavy atom. The van der Waals surface area contributed by atoms with E-state index in [0.29, 0.717) is 31.2 Å². The van der Waals surface area contributed by atoms with E-state index in [-0.39, 0.29) is 11.7 Å². The molecule has 0 spiro atoms. The van der Waals surface area contributed by atoms with Crippen LogP contribution in [0.5, 0.6) is 0 Å². The van der Waals surface area contributed by atoms with E-state index in [4.69, 9.17) is 16.3 Å². The molecule has 4 aromatic rings. The molecule has 3 heterocycles. The molecule has 1 aliphatic heterocycles. The monoisotopic (exact) mass is 533 g/mol. The number of hydrogen-bond acceptors (Lipinski definition) is 5. The summed E-state index contributed by atoms with van der Waals surface area (Å²) in [5.74, 6) is -0.502. The molecule has 5 rings (SSSR count). The van der Waals surface area contributed by atoms with Crippen molar-refractivity contribution in [3.8, 4) is 0 Å². The number of hydrogen-bond donors (Lipinski definition) is 0. The number of nitrogens with zero attached hydrogens (tertiary/aromatic N) is 3. The van der Waals surface area contributed by atoms with E-state index < -0.39 is 12.0 Å². The third kappa shape index (κ3) is 4.58. The lowest BCUT2D eigenvalue weighted by atomic mass is 9.96. The van der Waals surface area contributed by atoms with Crippen LogP contribution in [0.15, 0.2) is 75.8 Å². The number of benzene rings is 2. The van der Waals surface area contributed by atoms with Crippen LogP contribution in [0, 0.1) is 0 Å². The van der Waals surface area contributed by atoms with Gasteiger partial charge in [-0.25, -0.2) is 9.79 Å². The Labute approximate surface area is 223 Å². The maximum atomic E-state index is 13.9. The number of esters is 1. The van der Waals surface area contributed by atoms with E-state index in [0.717, 1.165) is 29.4 Å². The number of aryl methyl sites for hydroxylation is 1. The molecule has 0 aliphatic carbocycles. The van der Waals surface area contributed by atoms with Crippen LogP contribution in [-0.2, 0) is 16.1 Å². The number of rotatable bonds is 6. The Hall–Kier alpha value is -3.42. The molecule has 6 nitrogen and oxygen atoms in total. The van der Waals surface area contributed by atoms with Crippen molar-refractivity contribution >= 4 is 45.9 Å². The van der Waals surface area contributed by atoms with Gasteiger partial charge in [-0.05, 0) is 51.0 Å². The quantitative estimate of drug-likeness (QED) is 0.320. The molecule has 0 N–H and O–H groups in total. The van der Waals surface area contributed by atoms with Gasteiger partial charge in [-0.2, -0.15) is 0 Å². The standard InChI is InChI=1S/C29H28ClN3O3S/c1-5-14-32-16-19(20-10-7-9-13-23(20)32)15-24-27(34)33-26(21-11-6-8-12-22(21)30)25(28(35)36-17(2)3)18(4)31-29(33)37-24/h6-13,15-17,26H,5,14H2,1-4H3. The first-order chi connectivity index (χ1) is 17.8. The number of allylic oxidation sites excluding steroid dienone is 1. The normalized spacial score (nSPS) is 15.8. The largest absolute Gasteiger partial charge is 0.459 e. The first kappa shape index (κ1) is 25.2. The van der Waals surface area contributed by atoms with Gasteiger partial charge >= 0.3 is 5.97 Å². The first-order valence-corrected chi connectivity index (χ1v) is 13.6. The van der Waals surface area contributed by atoms with Gasteiger partial charge in [0.05, 0.1) is 21.9 Å². The summed E-state index contributed by atoms with van der Waals surface area (Å²) in [5.41, 5.74) is 3.37. The average molecular weight is 534 g/mol. The summed E-state index contributed by atoms with van der Waals surface area (Å²) in [7, 11) is 0. The topological polar surface area (TPSA) is 65.6 Å². The maximum absolute atomic E-state index is 13.9. The molecule has 0 saturated heterocycles. The smallest absolute Gasteiger partial charge is 0.338 e. The van der Waals surface area contributed by atoms with Crippen LogP contribution in [0.1, 0.15) is 51.3 Å². The minimum absolute atomic E-state index is 0.219. The highest BCUT2D eigenvalue weighted by Crippen LogP contribution is 2.34. The van der Waals surface area contributed by atoms with Gasteiger partial charge in [-0.1, -0.05) is 66.3 Å². The van der Waals surface area contributed by atoms with Crippen molar-refractivity contribution in [2.75, 3.05) is 0 Å². The molecule has 1 unspecified atom stereocenters. The fraction of sp³-hybridized carbons (Fsp3) is 0.276. The molecule has 2 aromatic heterocycles. The summed E-state index contributed by atoms with van der Waals surface area (Å²) in [6.07, 6.45) is 4.71. The van der Waals surface area contributed by atoms with E-state index in [1.54, 1.807) is 31.4 Å². The van der Waals surface area contributed by atoms with Gasteiger partial charge in [0, 0.05) is 34.2 Å². The first-order valence-electron chi connectivity index (χ1n) is 12.4. The van der Waals surface area contributed by atoms with Crippen LogP contribution in [0.3, 0.4) is 0 Å². The Morgan fingerprint density at radius 1 is 1.19 bits per heavy atom. The van der Waals surface area contributed by atoms with E-state index in [1.165, 1.54) is 11.3 Å². The fourth-order valence-corrected chi connectivity index (χ4v) is 6.09. The van der Waals surface area contributed by atoms with Crippen LogP contribution in [-0.4, -0.2) is 21.2 Å². The van der Waals surface area contributed by atoms with Gasteiger partial charge in [-0.3, -0.25) is 9.36 Å². The number of carbonyl (C=O) groups is 1. The summed E-state index contributed by atoms with van der Waals surface area (Å²) in [6.45, 7) is 8.40. The number of thiazole rings is 1. The van der Waals surface area contributed by atoms with E-state index in [2.05, 4.69) is 34.8 Å². The second-order valence-electron chi connectivity index (χ2n) is 9.35. The summed E-state index contributed by atoms with van der Waals surface area (Å²) >= 11 is 7.92. The third-order valence-electron chi connectivity index (χ3n) is 6.35. The molecule has 1 aliphatic rings. The molecule has 0 saturated carbocycles. The molecule has 0 fully saturated rings. The number of ether oxygens (including phenoxy) is 1. The Kier molecular flexibility index (Phi) is 6.92. The van der Waals surface area contributed by atoms with Crippen molar-refractivity contribution in [1.29, 1.82) is 0 Å². The molecule has 2 aromatic carbocycles. The predicted octanol–water partition coefficient (Wildman–Crippen LogP) is 5.20. The SMILES string of the molecule is CCCn1cc(C=c2sc3n(c2=O)C(c2ccccc2Cl)C(C(=O)OC(C)C)=C(C)N=3)c2ccccc21. The number of para-hydroxylation sites is 1. The van der Waals surface area contributed by atoms with E-state index >= 15 is 0 Å². The van der Waals surface area contributed by atoms with Crippen molar-refractivity contribution in [2.45, 2.75) is 52.8 Å². The van der Waals surface area contributed by atoms with Gasteiger partial charge in [0.15, 0.2) is 4.80 Å². The van der Waals surface area contributed by atoms with Crippen molar-refractivity contribution < 1.29 is 9.53 Å². The van der Waals surface area contributed by atoms with Crippen LogP contribution in [0.4, 0.5) is 0 Å². The Bertz CT molecular complexity index is 1720. The van der Waals surface area contributed by atoms with Crippen molar-refractivity contribution in [3.63, 3.8) is 0 Å². The average Bonchev–Trinajstić information content (AvgIpc) is 3.35. The zero-order valence-electron chi connectivity index (χ0n) is 21.2. The van der Waals surface area contributed by atoms with Crippen molar-refractivity contribution in [1.82, 2.24) is 9.13 Å². The zero-order valence-corrected chi connectivity index (χ0v) is 22.8. The van der Waals surface area contributed by atoms with Crippen LogP contribution in [0.2, 0.25) is 5.02 Å². The zero-order chi connectivity index (χ0) is 26.3. The van der Waals surface area contributed by atoms with Gasteiger partial charge in [0.2, 0.25) is 0 Å². The summed E-state index contributed by atoms with van der Waals surface area (Å²) < 4.78 is 9.90. The highest BCUT2D eigenvalue weighted by molar-refractivity contribution is 7.07. The minimum atomic E-state index is -0.736. The number of aromatic nitrogens is 2. The van der Waals surface area contributed by atoms with Crippen LogP contribution in [0.25, 0.3) is 17.0 Å².